The number of nitrogens with zero attached hydrogens (tertiary/aromatic N) is 1. The third-order valence-corrected chi connectivity index (χ3v) is 4.34. The fourth-order valence-electron chi connectivity index (χ4n) is 1.64. The predicted octanol–water partition coefficient (Wildman–Crippen LogP) is 2.97. The topological polar surface area (TPSA) is 53.8 Å². The van der Waals surface area contributed by atoms with Gasteiger partial charge in [0.05, 0.1) is 15.2 Å². The van der Waals surface area contributed by atoms with Crippen molar-refractivity contribution in [2.24, 2.45) is 0 Å². The number of nitrogens with one attached hydrogen (secondary N) is 1. The summed E-state index contributed by atoms with van der Waals surface area (Å²) in [6.07, 6.45) is 0. The van der Waals surface area contributed by atoms with Gasteiger partial charge in [-0.3, -0.25) is 0 Å². The van der Waals surface area contributed by atoms with Crippen molar-refractivity contribution in [3.05, 3.63) is 35.9 Å². The molecule has 1 N–H and O–H groups in total. The molecule has 16 heavy (non-hydrogen) atoms. The predicted molar refractivity (Wildman–Crippen MR) is 66.1 cm³/mol. The van der Waals surface area contributed by atoms with Crippen LogP contribution in [0.5, 0.6) is 0 Å². The molecule has 1 atom stereocenters. The van der Waals surface area contributed by atoms with Gasteiger partial charge in [0, 0.05) is 11.1 Å². The van der Waals surface area contributed by atoms with Gasteiger partial charge in [-0.2, -0.15) is 0 Å². The minimum absolute atomic E-state index is 0.303. The molecule has 2 rings (SSSR count). The van der Waals surface area contributed by atoms with Crippen LogP contribution in [0.25, 0.3) is 10.9 Å². The average Bonchev–Trinajstić information content (AvgIpc) is 2.29. The van der Waals surface area contributed by atoms with Gasteiger partial charge >= 0.3 is 0 Å². The number of hydrogen-bond donors (Lipinski definition) is 1. The Hall–Kier alpha value is -1.42. The highest BCUT2D eigenvalue weighted by Crippen LogP contribution is 2.20. The van der Waals surface area contributed by atoms with Crippen LogP contribution in [-0.4, -0.2) is 14.9 Å². The zero-order valence-corrected chi connectivity index (χ0v) is 10.2. The monoisotopic (exact) mass is 234 g/mol. The Bertz CT molecular complexity index is 633. The quantitative estimate of drug-likeness (QED) is 0.868. The maximum atomic E-state index is 12.0. The van der Waals surface area contributed by atoms with Crippen LogP contribution in [0.15, 0.2) is 35.4 Å². The van der Waals surface area contributed by atoms with Crippen LogP contribution in [0.4, 0.5) is 0 Å². The first-order valence-corrected chi connectivity index (χ1v) is 6.90. The van der Waals surface area contributed by atoms with E-state index < -0.39 is 9.73 Å². The molecular formula is C12H14N2OS. The van der Waals surface area contributed by atoms with Gasteiger partial charge in [0.2, 0.25) is 0 Å². The van der Waals surface area contributed by atoms with Gasteiger partial charge in [-0.05, 0) is 24.6 Å². The number of benzene rings is 1. The maximum absolute atomic E-state index is 12.0. The molecule has 0 fully saturated rings. The van der Waals surface area contributed by atoms with Gasteiger partial charge in [0.25, 0.3) is 0 Å². The largest absolute Gasteiger partial charge is 0.248 e. The fourth-order valence-corrected chi connectivity index (χ4v) is 2.54. The van der Waals surface area contributed by atoms with E-state index in [1.54, 1.807) is 13.0 Å². The summed E-state index contributed by atoms with van der Waals surface area (Å²) < 4.78 is 19.7. The van der Waals surface area contributed by atoms with Crippen molar-refractivity contribution in [2.75, 3.05) is 5.75 Å². The first-order chi connectivity index (χ1) is 7.54. The normalized spacial score (nSPS) is 14.9. The van der Waals surface area contributed by atoms with Crippen LogP contribution >= 0.6 is 0 Å². The van der Waals surface area contributed by atoms with Crippen molar-refractivity contribution in [2.45, 2.75) is 18.9 Å². The lowest BCUT2D eigenvalue weighted by atomic mass is 10.1. The highest BCUT2D eigenvalue weighted by atomic mass is 32.2. The second kappa shape index (κ2) is 3.87. The average molecular weight is 234 g/mol. The molecule has 0 saturated carbocycles. The van der Waals surface area contributed by atoms with Crippen LogP contribution in [0.2, 0.25) is 0 Å². The standard InChI is InChI=1S/C12H14N2OS/c1-3-16(13,15)12-8-9(2)10-6-4-5-7-11(10)14-12/h4-8,13H,3H2,1-2H3/t16-/m1/s1. The Morgan fingerprint density at radius 1 is 1.38 bits per heavy atom. The van der Waals surface area contributed by atoms with E-state index in [0.717, 1.165) is 16.5 Å². The number of para-hydroxylation sites is 1. The van der Waals surface area contributed by atoms with Gasteiger partial charge in [-0.1, -0.05) is 25.1 Å². The lowest BCUT2D eigenvalue weighted by Crippen LogP contribution is -2.05. The van der Waals surface area contributed by atoms with Crippen molar-refractivity contribution in [1.29, 1.82) is 4.78 Å². The summed E-state index contributed by atoms with van der Waals surface area (Å²) in [6, 6.07) is 9.49. The highest BCUT2D eigenvalue weighted by Gasteiger charge is 2.11. The minimum atomic E-state index is -2.72. The lowest BCUT2D eigenvalue weighted by molar-refractivity contribution is 0.672. The van der Waals surface area contributed by atoms with Crippen LogP contribution in [0.3, 0.4) is 0 Å². The Morgan fingerprint density at radius 3 is 2.75 bits per heavy atom. The second-order valence-electron chi connectivity index (χ2n) is 3.76. The Balaban J connectivity index is 2.77. The molecule has 0 unspecified atom stereocenters. The van der Waals surface area contributed by atoms with E-state index in [2.05, 4.69) is 4.98 Å². The van der Waals surface area contributed by atoms with Crippen LogP contribution in [0, 0.1) is 11.7 Å². The van der Waals surface area contributed by atoms with Gasteiger partial charge < -0.3 is 0 Å². The highest BCUT2D eigenvalue weighted by molar-refractivity contribution is 7.92. The van der Waals surface area contributed by atoms with E-state index in [1.807, 2.05) is 31.2 Å². The van der Waals surface area contributed by atoms with Gasteiger partial charge in [-0.25, -0.2) is 14.0 Å². The van der Waals surface area contributed by atoms with Crippen molar-refractivity contribution < 1.29 is 4.21 Å². The summed E-state index contributed by atoms with van der Waals surface area (Å²) in [5.74, 6) is 0.303. The van der Waals surface area contributed by atoms with E-state index in [9.17, 15) is 4.21 Å². The van der Waals surface area contributed by atoms with Gasteiger partial charge in [0.1, 0.15) is 5.03 Å². The van der Waals surface area contributed by atoms with Crippen LogP contribution in [0.1, 0.15) is 12.5 Å². The Morgan fingerprint density at radius 2 is 2.06 bits per heavy atom. The van der Waals surface area contributed by atoms with Crippen LogP contribution in [-0.2, 0) is 9.73 Å². The summed E-state index contributed by atoms with van der Waals surface area (Å²) >= 11 is 0. The fraction of sp³-hybridized carbons (Fsp3) is 0.250. The lowest BCUT2D eigenvalue weighted by Gasteiger charge is -2.07. The van der Waals surface area contributed by atoms with Crippen molar-refractivity contribution in [3.8, 4) is 0 Å². The zero-order chi connectivity index (χ0) is 11.8. The van der Waals surface area contributed by atoms with E-state index in [-0.39, 0.29) is 0 Å². The van der Waals surface area contributed by atoms with E-state index >= 15 is 0 Å². The SMILES string of the molecule is CC[S@@](=N)(=O)c1cc(C)c2ccccc2n1. The molecule has 0 aliphatic rings. The number of rotatable bonds is 2. The van der Waals surface area contributed by atoms with Crippen molar-refractivity contribution in [3.63, 3.8) is 0 Å². The molecule has 0 radical (unpaired) electrons. The molecule has 1 aromatic heterocycles. The van der Waals surface area contributed by atoms with E-state index in [4.69, 9.17) is 4.78 Å². The summed E-state index contributed by atoms with van der Waals surface area (Å²) in [6.45, 7) is 3.71. The molecule has 1 aromatic carbocycles. The molecule has 3 nitrogen and oxygen atoms in total. The van der Waals surface area contributed by atoms with E-state index in [0.29, 0.717) is 10.8 Å². The summed E-state index contributed by atoms with van der Waals surface area (Å²) in [5.41, 5.74) is 1.83. The van der Waals surface area contributed by atoms with Gasteiger partial charge in [-0.15, -0.1) is 0 Å². The minimum Gasteiger partial charge on any atom is -0.248 e. The molecule has 0 spiro atoms. The number of fused-ring (bicyclic) bond motifs is 1. The molecule has 0 amide bonds. The summed E-state index contributed by atoms with van der Waals surface area (Å²) in [7, 11) is -2.72. The molecule has 1 heterocycles. The maximum Gasteiger partial charge on any atom is 0.136 e. The van der Waals surface area contributed by atoms with Crippen LogP contribution < -0.4 is 0 Å². The Labute approximate surface area is 95.5 Å². The molecule has 0 saturated heterocycles. The van der Waals surface area contributed by atoms with Gasteiger partial charge in [0.15, 0.2) is 0 Å². The van der Waals surface area contributed by atoms with E-state index in [1.165, 1.54) is 0 Å². The van der Waals surface area contributed by atoms with Crippen molar-refractivity contribution in [1.82, 2.24) is 4.98 Å². The van der Waals surface area contributed by atoms with Crippen molar-refractivity contribution >= 4 is 20.6 Å². The molecule has 0 bridgehead atoms. The molecule has 0 aliphatic heterocycles. The first kappa shape index (κ1) is 11.1. The number of hydrogen-bond acceptors (Lipinski definition) is 3. The number of aromatic nitrogens is 1. The zero-order valence-electron chi connectivity index (χ0n) is 9.36. The molecule has 84 valence electrons. The smallest absolute Gasteiger partial charge is 0.136 e. The number of pyridine rings is 1. The summed E-state index contributed by atoms with van der Waals surface area (Å²) in [4.78, 5) is 4.32. The first-order valence-electron chi connectivity index (χ1n) is 5.17. The summed E-state index contributed by atoms with van der Waals surface area (Å²) in [5, 5.41) is 1.45. The third kappa shape index (κ3) is 1.80. The second-order valence-corrected chi connectivity index (χ2v) is 6.10. The Kier molecular flexibility index (Phi) is 2.68. The molecule has 2 aromatic rings. The number of aryl methyl sites for hydroxylation is 1. The molecule has 0 aliphatic carbocycles. The molecule has 4 heteroatoms. The third-order valence-electron chi connectivity index (χ3n) is 2.64. The molecular weight excluding hydrogens is 220 g/mol.